The summed E-state index contributed by atoms with van der Waals surface area (Å²) in [6.45, 7) is -0.901. The summed E-state index contributed by atoms with van der Waals surface area (Å²) in [4.78, 5) is 22.7. The van der Waals surface area contributed by atoms with E-state index < -0.39 is 12.5 Å². The first-order chi connectivity index (χ1) is 15.0. The van der Waals surface area contributed by atoms with E-state index in [4.69, 9.17) is 9.68 Å². The molecule has 3 rings (SSSR count). The van der Waals surface area contributed by atoms with Gasteiger partial charge < -0.3 is 19.7 Å². The minimum Gasteiger partial charge on any atom is -0.435 e. The molecule has 31 heavy (non-hydrogen) atoms. The number of benzene rings is 2. The smallest absolute Gasteiger partial charge is 0.387 e. The number of alkyl halides is 2. The number of rotatable bonds is 8. The van der Waals surface area contributed by atoms with E-state index in [1.165, 1.54) is 20.2 Å². The number of oxime groups is 2. The summed E-state index contributed by atoms with van der Waals surface area (Å²) < 4.78 is 29.9. The van der Waals surface area contributed by atoms with Crippen molar-refractivity contribution in [3.05, 3.63) is 64.2 Å². The van der Waals surface area contributed by atoms with Crippen LogP contribution in [0.1, 0.15) is 34.2 Å². The molecule has 0 unspecified atom stereocenters. The molecule has 0 heterocycles. The van der Waals surface area contributed by atoms with Gasteiger partial charge in [0.05, 0.1) is 5.71 Å². The SMILES string of the molecule is CNC(=O)/C(=N/OC)c1cccc(C)c1CO/N=C1\CCc2c(OC(F)F)cccc21. The molecule has 0 aliphatic heterocycles. The zero-order valence-electron chi connectivity index (χ0n) is 17.4. The molecule has 0 aromatic heterocycles. The van der Waals surface area contributed by atoms with Gasteiger partial charge in [-0.05, 0) is 31.4 Å². The lowest BCUT2D eigenvalue weighted by Gasteiger charge is -2.13. The fraction of sp³-hybridized carbons (Fsp3) is 0.318. The number of likely N-dealkylation sites (N-methyl/N-ethyl adjacent to an activating group) is 1. The Morgan fingerprint density at radius 3 is 2.68 bits per heavy atom. The van der Waals surface area contributed by atoms with Crippen LogP contribution in [-0.4, -0.2) is 38.1 Å². The van der Waals surface area contributed by atoms with Gasteiger partial charge in [0.2, 0.25) is 0 Å². The van der Waals surface area contributed by atoms with Crippen molar-refractivity contribution in [2.75, 3.05) is 14.2 Å². The van der Waals surface area contributed by atoms with Crippen LogP contribution in [0.3, 0.4) is 0 Å². The molecule has 0 radical (unpaired) electrons. The first-order valence-electron chi connectivity index (χ1n) is 9.64. The lowest BCUT2D eigenvalue weighted by Crippen LogP contribution is -2.29. The minimum absolute atomic E-state index is 0.0911. The first-order valence-corrected chi connectivity index (χ1v) is 9.64. The number of amides is 1. The van der Waals surface area contributed by atoms with E-state index in [0.29, 0.717) is 29.7 Å². The summed E-state index contributed by atoms with van der Waals surface area (Å²) in [5.74, 6) is -0.235. The van der Waals surface area contributed by atoms with Crippen LogP contribution < -0.4 is 10.1 Å². The molecule has 1 amide bonds. The fourth-order valence-corrected chi connectivity index (χ4v) is 3.49. The van der Waals surface area contributed by atoms with Crippen LogP contribution in [0.2, 0.25) is 0 Å². The average Bonchev–Trinajstić information content (AvgIpc) is 3.16. The van der Waals surface area contributed by atoms with Crippen molar-refractivity contribution < 1.29 is 28.0 Å². The second-order valence-electron chi connectivity index (χ2n) is 6.77. The minimum atomic E-state index is -2.88. The maximum Gasteiger partial charge on any atom is 0.387 e. The Hall–Kier alpha value is -3.49. The zero-order valence-corrected chi connectivity index (χ0v) is 17.4. The summed E-state index contributed by atoms with van der Waals surface area (Å²) in [6, 6.07) is 10.4. The van der Waals surface area contributed by atoms with Crippen LogP contribution >= 0.6 is 0 Å². The second kappa shape index (κ2) is 10.0. The van der Waals surface area contributed by atoms with E-state index in [-0.39, 0.29) is 18.1 Å². The van der Waals surface area contributed by atoms with Gasteiger partial charge in [0.15, 0.2) is 5.71 Å². The Balaban J connectivity index is 1.84. The summed E-state index contributed by atoms with van der Waals surface area (Å²) >= 11 is 0. The highest BCUT2D eigenvalue weighted by Gasteiger charge is 2.24. The number of nitrogens with zero attached hydrogens (tertiary/aromatic N) is 2. The molecule has 2 aromatic rings. The molecule has 0 saturated heterocycles. The zero-order chi connectivity index (χ0) is 22.4. The Bertz CT molecular complexity index is 1020. The third-order valence-electron chi connectivity index (χ3n) is 4.95. The first kappa shape index (κ1) is 22.2. The molecule has 0 saturated carbocycles. The van der Waals surface area contributed by atoms with Crippen molar-refractivity contribution in [2.45, 2.75) is 33.0 Å². The lowest BCUT2D eigenvalue weighted by atomic mass is 9.98. The third-order valence-corrected chi connectivity index (χ3v) is 4.95. The topological polar surface area (TPSA) is 81.5 Å². The Labute approximate surface area is 178 Å². The van der Waals surface area contributed by atoms with Gasteiger partial charge in [-0.3, -0.25) is 4.79 Å². The molecule has 0 spiro atoms. The highest BCUT2D eigenvalue weighted by Crippen LogP contribution is 2.32. The normalized spacial score (nSPS) is 14.5. The third kappa shape index (κ3) is 4.99. The molecule has 1 N–H and O–H groups in total. The molecule has 1 aliphatic rings. The Kier molecular flexibility index (Phi) is 7.17. The maximum absolute atomic E-state index is 12.6. The number of ether oxygens (including phenoxy) is 1. The number of aryl methyl sites for hydroxylation is 1. The van der Waals surface area contributed by atoms with Crippen molar-refractivity contribution in [3.8, 4) is 5.75 Å². The largest absolute Gasteiger partial charge is 0.435 e. The van der Waals surface area contributed by atoms with E-state index in [9.17, 15) is 13.6 Å². The van der Waals surface area contributed by atoms with E-state index in [2.05, 4.69) is 20.4 Å². The number of carbonyl (C=O) groups excluding carboxylic acids is 1. The van der Waals surface area contributed by atoms with Crippen LogP contribution in [0.5, 0.6) is 5.75 Å². The van der Waals surface area contributed by atoms with E-state index >= 15 is 0 Å². The molecule has 0 atom stereocenters. The van der Waals surface area contributed by atoms with Crippen LogP contribution in [-0.2, 0) is 27.5 Å². The fourth-order valence-electron chi connectivity index (χ4n) is 3.49. The average molecular weight is 431 g/mol. The van der Waals surface area contributed by atoms with Crippen LogP contribution in [0, 0.1) is 6.92 Å². The maximum atomic E-state index is 12.6. The van der Waals surface area contributed by atoms with Crippen LogP contribution in [0.25, 0.3) is 0 Å². The molecule has 2 aromatic carbocycles. The summed E-state index contributed by atoms with van der Waals surface area (Å²) in [6.07, 6.45) is 1.09. The van der Waals surface area contributed by atoms with Gasteiger partial charge in [-0.2, -0.15) is 8.78 Å². The van der Waals surface area contributed by atoms with E-state index in [1.54, 1.807) is 18.2 Å². The predicted molar refractivity (Wildman–Crippen MR) is 112 cm³/mol. The summed E-state index contributed by atoms with van der Waals surface area (Å²) in [5, 5.41) is 10.6. The van der Waals surface area contributed by atoms with Gasteiger partial charge >= 0.3 is 6.61 Å². The van der Waals surface area contributed by atoms with Gasteiger partial charge in [-0.1, -0.05) is 40.6 Å². The van der Waals surface area contributed by atoms with Crippen LogP contribution in [0.4, 0.5) is 8.78 Å². The number of hydrogen-bond donors (Lipinski definition) is 1. The second-order valence-corrected chi connectivity index (χ2v) is 6.77. The predicted octanol–water partition coefficient (Wildman–Crippen LogP) is 3.56. The Morgan fingerprint density at radius 1 is 1.19 bits per heavy atom. The highest BCUT2D eigenvalue weighted by molar-refractivity contribution is 6.45. The standard InChI is InChI=1S/C22H23F2N3O4/c1-13-6-4-8-16(20(27-29-3)21(28)25-2)17(13)12-30-26-18-11-10-15-14(18)7-5-9-19(15)31-22(23)24/h4-9,22H,10-12H2,1-3H3,(H,25,28)/b26-18+,27-20+. The Morgan fingerprint density at radius 2 is 1.97 bits per heavy atom. The van der Waals surface area contributed by atoms with Crippen molar-refractivity contribution in [1.29, 1.82) is 0 Å². The number of carbonyl (C=O) groups is 1. The van der Waals surface area contributed by atoms with Crippen molar-refractivity contribution in [1.82, 2.24) is 5.32 Å². The number of halogens is 2. The number of fused-ring (bicyclic) bond motifs is 1. The van der Waals surface area contributed by atoms with Crippen molar-refractivity contribution in [2.24, 2.45) is 10.3 Å². The summed E-state index contributed by atoms with van der Waals surface area (Å²) in [5.41, 5.74) is 4.40. The molecule has 0 bridgehead atoms. The van der Waals surface area contributed by atoms with Gasteiger partial charge in [0.25, 0.3) is 5.91 Å². The lowest BCUT2D eigenvalue weighted by molar-refractivity contribution is -0.114. The monoisotopic (exact) mass is 431 g/mol. The van der Waals surface area contributed by atoms with E-state index in [0.717, 1.165) is 16.7 Å². The number of hydrogen-bond acceptors (Lipinski definition) is 6. The molecule has 9 heteroatoms. The van der Waals surface area contributed by atoms with Gasteiger partial charge in [0.1, 0.15) is 19.5 Å². The summed E-state index contributed by atoms with van der Waals surface area (Å²) in [7, 11) is 2.87. The van der Waals surface area contributed by atoms with Gasteiger partial charge in [-0.25, -0.2) is 0 Å². The van der Waals surface area contributed by atoms with E-state index in [1.807, 2.05) is 19.1 Å². The molecule has 0 fully saturated rings. The van der Waals surface area contributed by atoms with Crippen LogP contribution in [0.15, 0.2) is 46.7 Å². The van der Waals surface area contributed by atoms with Gasteiger partial charge in [0, 0.05) is 29.3 Å². The molecular formula is C22H23F2N3O4. The quantitative estimate of drug-likeness (QED) is 0.512. The van der Waals surface area contributed by atoms with Crippen molar-refractivity contribution >= 4 is 17.3 Å². The highest BCUT2D eigenvalue weighted by atomic mass is 19.3. The molecule has 7 nitrogen and oxygen atoms in total. The van der Waals surface area contributed by atoms with Gasteiger partial charge in [-0.15, -0.1) is 0 Å². The van der Waals surface area contributed by atoms with Crippen molar-refractivity contribution in [3.63, 3.8) is 0 Å². The number of nitrogens with one attached hydrogen (secondary N) is 1. The molecule has 164 valence electrons. The molecular weight excluding hydrogens is 408 g/mol. The molecule has 1 aliphatic carbocycles.